The largest absolute Gasteiger partial charge is 0.387 e. The van der Waals surface area contributed by atoms with E-state index in [-0.39, 0.29) is 5.92 Å². The first-order valence-corrected chi connectivity index (χ1v) is 10.3. The maximum Gasteiger partial charge on any atom is 0.257 e. The third-order valence-electron chi connectivity index (χ3n) is 5.69. The van der Waals surface area contributed by atoms with Crippen LogP contribution in [0.4, 0.5) is 0 Å². The molecule has 1 aromatic carbocycles. The molecule has 0 spiro atoms. The highest BCUT2D eigenvalue weighted by molar-refractivity contribution is 5.89. The SMILES string of the molecule is CCC1C#CC(c2cccc(C(O)C(=O)NC3=CCC4C(=C3)C=CN=C4N)c2)=CC1. The number of nitrogens with zero attached hydrogens (tertiary/aromatic N) is 1. The molecule has 4 rings (SSSR count). The number of aliphatic hydroxyl groups excluding tert-OH is 1. The lowest BCUT2D eigenvalue weighted by Gasteiger charge is -2.24. The van der Waals surface area contributed by atoms with Gasteiger partial charge in [0, 0.05) is 29.3 Å². The number of hydrogen-bond donors (Lipinski definition) is 3. The van der Waals surface area contributed by atoms with Crippen molar-refractivity contribution in [1.82, 2.24) is 5.32 Å². The summed E-state index contributed by atoms with van der Waals surface area (Å²) in [5.74, 6) is 7.05. The van der Waals surface area contributed by atoms with E-state index >= 15 is 0 Å². The van der Waals surface area contributed by atoms with Gasteiger partial charge in [-0.1, -0.05) is 49.1 Å². The highest BCUT2D eigenvalue weighted by Gasteiger charge is 2.24. The number of amidine groups is 1. The summed E-state index contributed by atoms with van der Waals surface area (Å²) in [5.41, 5.74) is 10.0. The quantitative estimate of drug-likeness (QED) is 0.664. The van der Waals surface area contributed by atoms with Crippen LogP contribution in [0.2, 0.25) is 0 Å². The maximum absolute atomic E-state index is 12.7. The van der Waals surface area contributed by atoms with E-state index in [1.165, 1.54) is 0 Å². The van der Waals surface area contributed by atoms with Crippen LogP contribution in [0.15, 0.2) is 71.0 Å². The third-order valence-corrected chi connectivity index (χ3v) is 5.69. The van der Waals surface area contributed by atoms with Crippen LogP contribution in [0, 0.1) is 23.7 Å². The van der Waals surface area contributed by atoms with Crippen molar-refractivity contribution in [3.05, 3.63) is 77.2 Å². The summed E-state index contributed by atoms with van der Waals surface area (Å²) < 4.78 is 0. The number of hydrogen-bond acceptors (Lipinski definition) is 4. The summed E-state index contributed by atoms with van der Waals surface area (Å²) in [6.45, 7) is 2.14. The maximum atomic E-state index is 12.7. The summed E-state index contributed by atoms with van der Waals surface area (Å²) in [7, 11) is 0. The van der Waals surface area contributed by atoms with Gasteiger partial charge in [-0.3, -0.25) is 4.79 Å². The van der Waals surface area contributed by atoms with Gasteiger partial charge in [-0.05, 0) is 54.2 Å². The van der Waals surface area contributed by atoms with E-state index in [1.54, 1.807) is 12.3 Å². The molecule has 4 N–H and O–H groups in total. The van der Waals surface area contributed by atoms with Crippen molar-refractivity contribution in [2.45, 2.75) is 32.3 Å². The second-order valence-corrected chi connectivity index (χ2v) is 7.71. The Bertz CT molecular complexity index is 1080. The molecule has 1 amide bonds. The van der Waals surface area contributed by atoms with Gasteiger partial charge >= 0.3 is 0 Å². The van der Waals surface area contributed by atoms with Crippen molar-refractivity contribution in [2.24, 2.45) is 22.6 Å². The van der Waals surface area contributed by atoms with Gasteiger partial charge in [0.05, 0.1) is 0 Å². The van der Waals surface area contributed by atoms with Crippen molar-refractivity contribution in [3.8, 4) is 11.8 Å². The highest BCUT2D eigenvalue weighted by atomic mass is 16.3. The summed E-state index contributed by atoms with van der Waals surface area (Å²) in [6.07, 6.45) is 10.8. The molecule has 152 valence electrons. The van der Waals surface area contributed by atoms with Gasteiger partial charge in [-0.25, -0.2) is 4.99 Å². The zero-order valence-electron chi connectivity index (χ0n) is 16.9. The molecular weight excluding hydrogens is 374 g/mol. The molecule has 0 aromatic heterocycles. The smallest absolute Gasteiger partial charge is 0.257 e. The Labute approximate surface area is 176 Å². The first-order valence-electron chi connectivity index (χ1n) is 10.3. The van der Waals surface area contributed by atoms with Gasteiger partial charge < -0.3 is 16.2 Å². The van der Waals surface area contributed by atoms with Crippen molar-refractivity contribution in [3.63, 3.8) is 0 Å². The number of nitrogens with two attached hydrogens (primary N) is 1. The first kappa shape index (κ1) is 19.9. The molecule has 0 saturated heterocycles. The molecule has 3 atom stereocenters. The van der Waals surface area contributed by atoms with E-state index in [0.29, 0.717) is 29.4 Å². The van der Waals surface area contributed by atoms with Crippen LogP contribution in [0.1, 0.15) is 43.4 Å². The molecule has 0 bridgehead atoms. The average molecular weight is 399 g/mol. The fourth-order valence-electron chi connectivity index (χ4n) is 3.81. The molecule has 5 heteroatoms. The van der Waals surface area contributed by atoms with Crippen LogP contribution in [-0.4, -0.2) is 16.8 Å². The van der Waals surface area contributed by atoms with E-state index < -0.39 is 12.0 Å². The minimum Gasteiger partial charge on any atom is -0.387 e. The molecule has 0 radical (unpaired) electrons. The first-order chi connectivity index (χ1) is 14.5. The van der Waals surface area contributed by atoms with Crippen LogP contribution in [0.3, 0.4) is 0 Å². The van der Waals surface area contributed by atoms with Gasteiger partial charge in [0.25, 0.3) is 5.91 Å². The Hall–Kier alpha value is -3.36. The number of allylic oxidation sites excluding steroid dienone is 5. The second kappa shape index (κ2) is 8.56. The van der Waals surface area contributed by atoms with E-state index in [4.69, 9.17) is 5.73 Å². The number of carbonyl (C=O) groups excluding carboxylic acids is 1. The number of amides is 1. The highest BCUT2D eigenvalue weighted by Crippen LogP contribution is 2.28. The Morgan fingerprint density at radius 3 is 3.00 bits per heavy atom. The van der Waals surface area contributed by atoms with Gasteiger partial charge in [0.1, 0.15) is 5.84 Å². The molecule has 2 aliphatic carbocycles. The zero-order valence-corrected chi connectivity index (χ0v) is 16.9. The Morgan fingerprint density at radius 2 is 2.23 bits per heavy atom. The van der Waals surface area contributed by atoms with Crippen molar-refractivity contribution in [2.75, 3.05) is 0 Å². The zero-order chi connectivity index (χ0) is 21.1. The fourth-order valence-corrected chi connectivity index (χ4v) is 3.81. The molecule has 1 aromatic rings. The molecule has 1 heterocycles. The standard InChI is InChI=1S/C25H25N3O2/c1-2-16-6-8-17(9-7-16)18-4-3-5-20(14-18)23(29)25(30)28-21-10-11-22-19(15-21)12-13-27-24(22)26/h3-5,8,10,12-16,22-23,29H,2,6,11H2,1H3,(H2,26,27)(H,28,30). The fraction of sp³-hybridized carbons (Fsp3) is 0.280. The van der Waals surface area contributed by atoms with E-state index in [9.17, 15) is 9.90 Å². The lowest BCUT2D eigenvalue weighted by molar-refractivity contribution is -0.128. The van der Waals surface area contributed by atoms with Gasteiger partial charge in [-0.2, -0.15) is 0 Å². The summed E-state index contributed by atoms with van der Waals surface area (Å²) >= 11 is 0. The topological polar surface area (TPSA) is 87.7 Å². The predicted molar refractivity (Wildman–Crippen MR) is 119 cm³/mol. The number of carbonyl (C=O) groups is 1. The van der Waals surface area contributed by atoms with Crippen LogP contribution in [0.25, 0.3) is 5.57 Å². The van der Waals surface area contributed by atoms with E-state index in [0.717, 1.165) is 29.6 Å². The molecule has 1 aliphatic heterocycles. The minimum absolute atomic E-state index is 0.0504. The lowest BCUT2D eigenvalue weighted by Crippen LogP contribution is -2.32. The molecular formula is C25H25N3O2. The van der Waals surface area contributed by atoms with E-state index in [1.807, 2.05) is 36.4 Å². The van der Waals surface area contributed by atoms with Crippen molar-refractivity contribution in [1.29, 1.82) is 0 Å². The van der Waals surface area contributed by atoms with Gasteiger partial charge in [0.2, 0.25) is 0 Å². The Kier molecular flexibility index (Phi) is 5.69. The second-order valence-electron chi connectivity index (χ2n) is 7.71. The normalized spacial score (nSPS) is 23.0. The number of fused-ring (bicyclic) bond motifs is 1. The van der Waals surface area contributed by atoms with E-state index in [2.05, 4.69) is 35.1 Å². The molecule has 0 fully saturated rings. The van der Waals surface area contributed by atoms with Crippen molar-refractivity contribution >= 4 is 17.3 Å². The van der Waals surface area contributed by atoms with Crippen LogP contribution in [-0.2, 0) is 4.79 Å². The lowest BCUT2D eigenvalue weighted by atomic mass is 9.88. The average Bonchev–Trinajstić information content (AvgIpc) is 2.79. The Morgan fingerprint density at radius 1 is 1.37 bits per heavy atom. The predicted octanol–water partition coefficient (Wildman–Crippen LogP) is 3.37. The summed E-state index contributed by atoms with van der Waals surface area (Å²) in [5, 5.41) is 13.4. The molecule has 3 unspecified atom stereocenters. The Balaban J connectivity index is 1.45. The number of aliphatic hydroxyl groups is 1. The number of benzene rings is 1. The third kappa shape index (κ3) is 4.14. The number of nitrogens with one attached hydrogen (secondary N) is 1. The van der Waals surface area contributed by atoms with Crippen LogP contribution >= 0.6 is 0 Å². The monoisotopic (exact) mass is 399 g/mol. The van der Waals surface area contributed by atoms with Crippen molar-refractivity contribution < 1.29 is 9.90 Å². The summed E-state index contributed by atoms with van der Waals surface area (Å²) in [6, 6.07) is 7.39. The number of aliphatic imine (C=N–C) groups is 1. The van der Waals surface area contributed by atoms with Gasteiger partial charge in [0.15, 0.2) is 6.10 Å². The molecule has 3 aliphatic rings. The molecule has 30 heavy (non-hydrogen) atoms. The molecule has 5 nitrogen and oxygen atoms in total. The summed E-state index contributed by atoms with van der Waals surface area (Å²) in [4.78, 5) is 16.8. The number of rotatable bonds is 5. The van der Waals surface area contributed by atoms with Crippen LogP contribution < -0.4 is 11.1 Å². The van der Waals surface area contributed by atoms with Gasteiger partial charge in [-0.15, -0.1) is 0 Å². The minimum atomic E-state index is -1.27. The van der Waals surface area contributed by atoms with Crippen LogP contribution in [0.5, 0.6) is 0 Å². The molecule has 0 saturated carbocycles.